The van der Waals surface area contributed by atoms with E-state index in [1.54, 1.807) is 18.3 Å². The third-order valence-corrected chi connectivity index (χ3v) is 3.21. The van der Waals surface area contributed by atoms with Gasteiger partial charge in [-0.2, -0.15) is 0 Å². The smallest absolute Gasteiger partial charge is 0.256 e. The third-order valence-electron chi connectivity index (χ3n) is 3.21. The van der Waals surface area contributed by atoms with Crippen LogP contribution in [-0.2, 0) is 0 Å². The van der Waals surface area contributed by atoms with Gasteiger partial charge in [0.05, 0.1) is 6.61 Å². The van der Waals surface area contributed by atoms with Crippen LogP contribution in [0.4, 0.5) is 0 Å². The van der Waals surface area contributed by atoms with E-state index in [0.717, 1.165) is 25.4 Å². The number of piperidine rings is 1. The van der Waals surface area contributed by atoms with E-state index >= 15 is 0 Å². The topological polar surface area (TPSA) is 54.4 Å². The lowest BCUT2D eigenvalue weighted by atomic mass is 9.93. The number of nitrogens with one attached hydrogen (secondary N) is 1. The largest absolute Gasteiger partial charge is 0.503 e. The highest BCUT2D eigenvalue weighted by atomic mass is 35.5. The quantitative estimate of drug-likeness (QED) is 0.808. The van der Waals surface area contributed by atoms with Gasteiger partial charge < -0.3 is 15.2 Å². The molecule has 1 aliphatic heterocycles. The number of nitrogens with zero attached hydrogens (tertiary/aromatic N) is 1. The van der Waals surface area contributed by atoms with Gasteiger partial charge in [0.25, 0.3) is 5.88 Å². The first-order valence-electron chi connectivity index (χ1n) is 6.34. The summed E-state index contributed by atoms with van der Waals surface area (Å²) in [5.74, 6) is 1.30. The predicted molar refractivity (Wildman–Crippen MR) is 73.5 cm³/mol. The normalized spacial score (nSPS) is 16.0. The zero-order valence-corrected chi connectivity index (χ0v) is 11.3. The molecule has 0 saturated carbocycles. The van der Waals surface area contributed by atoms with Crippen molar-refractivity contribution in [2.75, 3.05) is 19.7 Å². The van der Waals surface area contributed by atoms with Crippen LogP contribution >= 0.6 is 12.4 Å². The number of pyridine rings is 1. The Balaban J connectivity index is 0.00000162. The maximum absolute atomic E-state index is 9.46. The summed E-state index contributed by atoms with van der Waals surface area (Å²) < 4.78 is 5.45. The molecule has 2 N–H and O–H groups in total. The minimum atomic E-state index is 0. The molecule has 0 aliphatic carbocycles. The fourth-order valence-electron chi connectivity index (χ4n) is 2.20. The maximum Gasteiger partial charge on any atom is 0.256 e. The lowest BCUT2D eigenvalue weighted by Crippen LogP contribution is -2.27. The zero-order chi connectivity index (χ0) is 11.9. The molecule has 0 bridgehead atoms. The molecule has 1 saturated heterocycles. The van der Waals surface area contributed by atoms with Crippen molar-refractivity contribution in [3.8, 4) is 11.6 Å². The number of aromatic hydroxyl groups is 1. The van der Waals surface area contributed by atoms with Crippen LogP contribution < -0.4 is 10.1 Å². The molecule has 0 aromatic carbocycles. The van der Waals surface area contributed by atoms with Crippen molar-refractivity contribution in [2.45, 2.75) is 25.7 Å². The maximum atomic E-state index is 9.46. The summed E-state index contributed by atoms with van der Waals surface area (Å²) in [5.41, 5.74) is 0. The molecule has 2 heterocycles. The summed E-state index contributed by atoms with van der Waals surface area (Å²) >= 11 is 0. The number of rotatable bonds is 5. The van der Waals surface area contributed by atoms with Crippen molar-refractivity contribution < 1.29 is 9.84 Å². The molecule has 1 fully saturated rings. The van der Waals surface area contributed by atoms with E-state index in [4.69, 9.17) is 4.74 Å². The van der Waals surface area contributed by atoms with Crippen LogP contribution in [-0.4, -0.2) is 29.8 Å². The molecule has 0 spiro atoms. The minimum absolute atomic E-state index is 0. The molecule has 0 unspecified atom stereocenters. The van der Waals surface area contributed by atoms with Gasteiger partial charge in [-0.05, 0) is 56.8 Å². The van der Waals surface area contributed by atoms with Crippen LogP contribution in [0.5, 0.6) is 11.6 Å². The van der Waals surface area contributed by atoms with E-state index in [1.807, 2.05) is 0 Å². The fourth-order valence-corrected chi connectivity index (χ4v) is 2.20. The molecular weight excluding hydrogens is 252 g/mol. The standard InChI is InChI=1S/C13H20N2O2.ClH/c16-12-4-1-7-15-13(12)17-10-2-3-11-5-8-14-9-6-11;/h1,4,7,11,14,16H,2-3,5-6,8-10H2;1H. The molecule has 102 valence electrons. The van der Waals surface area contributed by atoms with Gasteiger partial charge in [-0.25, -0.2) is 4.98 Å². The lowest BCUT2D eigenvalue weighted by molar-refractivity contribution is 0.256. The van der Waals surface area contributed by atoms with Crippen LogP contribution in [0.2, 0.25) is 0 Å². The predicted octanol–water partition coefficient (Wildman–Crippen LogP) is 2.37. The van der Waals surface area contributed by atoms with Gasteiger partial charge in [-0.15, -0.1) is 12.4 Å². The Morgan fingerprint density at radius 1 is 1.39 bits per heavy atom. The van der Waals surface area contributed by atoms with Gasteiger partial charge in [0.15, 0.2) is 5.75 Å². The monoisotopic (exact) mass is 272 g/mol. The van der Waals surface area contributed by atoms with Crippen molar-refractivity contribution in [1.82, 2.24) is 10.3 Å². The van der Waals surface area contributed by atoms with Gasteiger partial charge in [0, 0.05) is 6.20 Å². The van der Waals surface area contributed by atoms with Gasteiger partial charge in [0.2, 0.25) is 0 Å². The Kier molecular flexibility index (Phi) is 6.83. The van der Waals surface area contributed by atoms with Crippen molar-refractivity contribution >= 4 is 12.4 Å². The van der Waals surface area contributed by atoms with E-state index in [1.165, 1.54) is 19.3 Å². The Bertz CT molecular complexity index is 344. The second kappa shape index (κ2) is 8.16. The van der Waals surface area contributed by atoms with Crippen molar-refractivity contribution in [3.05, 3.63) is 18.3 Å². The summed E-state index contributed by atoms with van der Waals surface area (Å²) in [5, 5.41) is 12.8. The molecule has 4 nitrogen and oxygen atoms in total. The number of aromatic nitrogens is 1. The molecular formula is C13H21ClN2O2. The molecule has 2 rings (SSSR count). The summed E-state index contributed by atoms with van der Waals surface area (Å²) in [6.07, 6.45) is 6.40. The van der Waals surface area contributed by atoms with Gasteiger partial charge in [-0.1, -0.05) is 0 Å². The summed E-state index contributed by atoms with van der Waals surface area (Å²) in [6.45, 7) is 2.92. The molecule has 0 atom stereocenters. The Morgan fingerprint density at radius 3 is 2.89 bits per heavy atom. The molecule has 1 aromatic heterocycles. The van der Waals surface area contributed by atoms with Crippen LogP contribution in [0, 0.1) is 5.92 Å². The van der Waals surface area contributed by atoms with Crippen LogP contribution in [0.1, 0.15) is 25.7 Å². The average Bonchev–Trinajstić information content (AvgIpc) is 2.38. The second-order valence-corrected chi connectivity index (χ2v) is 4.51. The van der Waals surface area contributed by atoms with Gasteiger partial charge in [-0.3, -0.25) is 0 Å². The zero-order valence-electron chi connectivity index (χ0n) is 10.5. The highest BCUT2D eigenvalue weighted by Crippen LogP contribution is 2.22. The second-order valence-electron chi connectivity index (χ2n) is 4.51. The third kappa shape index (κ3) is 4.70. The minimum Gasteiger partial charge on any atom is -0.503 e. The van der Waals surface area contributed by atoms with Gasteiger partial charge in [0.1, 0.15) is 0 Å². The average molecular weight is 273 g/mol. The van der Waals surface area contributed by atoms with Crippen LogP contribution in [0.25, 0.3) is 0 Å². The molecule has 18 heavy (non-hydrogen) atoms. The number of hydrogen-bond acceptors (Lipinski definition) is 4. The Morgan fingerprint density at radius 2 is 2.17 bits per heavy atom. The van der Waals surface area contributed by atoms with E-state index < -0.39 is 0 Å². The number of hydrogen-bond donors (Lipinski definition) is 2. The first kappa shape index (κ1) is 15.1. The van der Waals surface area contributed by atoms with Crippen molar-refractivity contribution in [2.24, 2.45) is 5.92 Å². The first-order valence-corrected chi connectivity index (χ1v) is 6.34. The molecule has 1 aliphatic rings. The summed E-state index contributed by atoms with van der Waals surface area (Å²) in [6, 6.07) is 3.28. The van der Waals surface area contributed by atoms with Crippen LogP contribution in [0.15, 0.2) is 18.3 Å². The van der Waals surface area contributed by atoms with Crippen LogP contribution in [0.3, 0.4) is 0 Å². The highest BCUT2D eigenvalue weighted by Gasteiger charge is 2.12. The fraction of sp³-hybridized carbons (Fsp3) is 0.615. The Labute approximate surface area is 114 Å². The van der Waals surface area contributed by atoms with E-state index in [0.29, 0.717) is 12.5 Å². The summed E-state index contributed by atoms with van der Waals surface area (Å²) in [4.78, 5) is 3.98. The highest BCUT2D eigenvalue weighted by molar-refractivity contribution is 5.85. The van der Waals surface area contributed by atoms with Gasteiger partial charge >= 0.3 is 0 Å². The van der Waals surface area contributed by atoms with Crippen molar-refractivity contribution in [3.63, 3.8) is 0 Å². The molecule has 0 amide bonds. The molecule has 0 radical (unpaired) electrons. The SMILES string of the molecule is Cl.Oc1cccnc1OCCCC1CCNCC1. The lowest BCUT2D eigenvalue weighted by Gasteiger charge is -2.22. The van der Waals surface area contributed by atoms with Crippen molar-refractivity contribution in [1.29, 1.82) is 0 Å². The van der Waals surface area contributed by atoms with E-state index in [9.17, 15) is 5.11 Å². The summed E-state index contributed by atoms with van der Waals surface area (Å²) in [7, 11) is 0. The Hall–Kier alpha value is -1.00. The molecule has 5 heteroatoms. The first-order chi connectivity index (χ1) is 8.36. The number of ether oxygens (including phenoxy) is 1. The molecule has 1 aromatic rings. The van der Waals surface area contributed by atoms with E-state index in [-0.39, 0.29) is 18.2 Å². The van der Waals surface area contributed by atoms with E-state index in [2.05, 4.69) is 10.3 Å². The number of halogens is 1.